The summed E-state index contributed by atoms with van der Waals surface area (Å²) in [5.74, 6) is 0. The SMILES string of the molecule is CCN1CC=CCC2(CNc3cccnc32)C1. The van der Waals surface area contributed by atoms with Gasteiger partial charge in [-0.1, -0.05) is 19.1 Å². The molecule has 0 amide bonds. The fourth-order valence-corrected chi connectivity index (χ4v) is 2.95. The van der Waals surface area contributed by atoms with Crippen LogP contribution in [0.3, 0.4) is 0 Å². The summed E-state index contributed by atoms with van der Waals surface area (Å²) < 4.78 is 0. The number of aromatic nitrogens is 1. The van der Waals surface area contributed by atoms with Crippen LogP contribution in [0.4, 0.5) is 5.69 Å². The monoisotopic (exact) mass is 229 g/mol. The second-order valence-corrected chi connectivity index (χ2v) is 5.04. The molecule has 3 heterocycles. The molecule has 1 aromatic rings. The van der Waals surface area contributed by atoms with E-state index in [0.29, 0.717) is 0 Å². The Bertz CT molecular complexity index is 441. The van der Waals surface area contributed by atoms with Crippen molar-refractivity contribution >= 4 is 5.69 Å². The van der Waals surface area contributed by atoms with Crippen LogP contribution in [0.15, 0.2) is 30.5 Å². The fraction of sp³-hybridized carbons (Fsp3) is 0.500. The number of pyridine rings is 1. The molecule has 3 heteroatoms. The summed E-state index contributed by atoms with van der Waals surface area (Å²) >= 11 is 0. The lowest BCUT2D eigenvalue weighted by Gasteiger charge is -2.31. The first-order valence-electron chi connectivity index (χ1n) is 6.41. The van der Waals surface area contributed by atoms with Crippen molar-refractivity contribution in [1.82, 2.24) is 9.88 Å². The lowest BCUT2D eigenvalue weighted by molar-refractivity contribution is 0.249. The predicted octanol–water partition coefficient (Wildman–Crippen LogP) is 2.03. The van der Waals surface area contributed by atoms with Gasteiger partial charge >= 0.3 is 0 Å². The van der Waals surface area contributed by atoms with Crippen molar-refractivity contribution in [3.8, 4) is 0 Å². The first-order chi connectivity index (χ1) is 8.34. The third kappa shape index (κ3) is 1.75. The van der Waals surface area contributed by atoms with E-state index >= 15 is 0 Å². The molecule has 1 aromatic heterocycles. The van der Waals surface area contributed by atoms with Crippen molar-refractivity contribution in [3.05, 3.63) is 36.2 Å². The van der Waals surface area contributed by atoms with E-state index in [2.05, 4.69) is 40.3 Å². The van der Waals surface area contributed by atoms with Gasteiger partial charge in [0.2, 0.25) is 0 Å². The van der Waals surface area contributed by atoms with E-state index in [1.54, 1.807) is 0 Å². The van der Waals surface area contributed by atoms with Crippen LogP contribution in [0.2, 0.25) is 0 Å². The van der Waals surface area contributed by atoms with Crippen molar-refractivity contribution in [2.75, 3.05) is 31.5 Å². The molecule has 0 radical (unpaired) electrons. The molecule has 1 atom stereocenters. The Kier molecular flexibility index (Phi) is 2.63. The van der Waals surface area contributed by atoms with E-state index < -0.39 is 0 Å². The first-order valence-corrected chi connectivity index (χ1v) is 6.41. The summed E-state index contributed by atoms with van der Waals surface area (Å²) in [6.45, 7) is 6.52. The molecule has 0 saturated carbocycles. The lowest BCUT2D eigenvalue weighted by atomic mass is 9.82. The first kappa shape index (κ1) is 10.8. The number of hydrogen-bond acceptors (Lipinski definition) is 3. The van der Waals surface area contributed by atoms with Gasteiger partial charge in [-0.25, -0.2) is 0 Å². The quantitative estimate of drug-likeness (QED) is 0.747. The van der Waals surface area contributed by atoms with Crippen molar-refractivity contribution in [2.24, 2.45) is 0 Å². The molecular weight excluding hydrogens is 210 g/mol. The fourth-order valence-electron chi connectivity index (χ4n) is 2.95. The number of allylic oxidation sites excluding steroid dienone is 1. The van der Waals surface area contributed by atoms with Gasteiger partial charge in [0.1, 0.15) is 0 Å². The van der Waals surface area contributed by atoms with Gasteiger partial charge in [-0.3, -0.25) is 9.88 Å². The van der Waals surface area contributed by atoms with Gasteiger partial charge in [0, 0.05) is 31.2 Å². The van der Waals surface area contributed by atoms with E-state index in [9.17, 15) is 0 Å². The van der Waals surface area contributed by atoms with Gasteiger partial charge in [-0.05, 0) is 25.1 Å². The number of rotatable bonds is 1. The summed E-state index contributed by atoms with van der Waals surface area (Å²) in [7, 11) is 0. The normalized spacial score (nSPS) is 27.8. The third-order valence-corrected chi connectivity index (χ3v) is 3.94. The van der Waals surface area contributed by atoms with Gasteiger partial charge in [0.15, 0.2) is 0 Å². The Morgan fingerprint density at radius 3 is 3.29 bits per heavy atom. The molecule has 3 rings (SSSR count). The molecule has 1 N–H and O–H groups in total. The maximum atomic E-state index is 4.62. The number of likely N-dealkylation sites (N-methyl/N-ethyl adjacent to an activating group) is 1. The number of anilines is 1. The van der Waals surface area contributed by atoms with Crippen LogP contribution < -0.4 is 5.32 Å². The van der Waals surface area contributed by atoms with Crippen LogP contribution in [-0.4, -0.2) is 36.1 Å². The molecule has 0 saturated heterocycles. The second kappa shape index (κ2) is 4.15. The summed E-state index contributed by atoms with van der Waals surface area (Å²) in [6, 6.07) is 4.15. The predicted molar refractivity (Wildman–Crippen MR) is 70.3 cm³/mol. The van der Waals surface area contributed by atoms with E-state index in [0.717, 1.165) is 32.6 Å². The summed E-state index contributed by atoms with van der Waals surface area (Å²) in [5, 5.41) is 3.51. The standard InChI is InChI=1S/C14H19N3/c1-2-17-9-4-3-7-14(11-17)10-16-12-6-5-8-15-13(12)14/h3-6,8,16H,2,7,9-11H2,1H3. The number of fused-ring (bicyclic) bond motifs is 2. The van der Waals surface area contributed by atoms with Gasteiger partial charge in [-0.15, -0.1) is 0 Å². The number of hydrogen-bond donors (Lipinski definition) is 1. The molecular formula is C14H19N3. The highest BCUT2D eigenvalue weighted by molar-refractivity contribution is 5.57. The van der Waals surface area contributed by atoms with Gasteiger partial charge in [-0.2, -0.15) is 0 Å². The Morgan fingerprint density at radius 2 is 2.41 bits per heavy atom. The van der Waals surface area contributed by atoms with E-state index in [1.165, 1.54) is 11.4 Å². The van der Waals surface area contributed by atoms with E-state index in [4.69, 9.17) is 0 Å². The largest absolute Gasteiger partial charge is 0.383 e. The molecule has 1 spiro atoms. The highest BCUT2D eigenvalue weighted by Gasteiger charge is 2.41. The van der Waals surface area contributed by atoms with Gasteiger partial charge in [0.25, 0.3) is 0 Å². The van der Waals surface area contributed by atoms with Crippen molar-refractivity contribution in [2.45, 2.75) is 18.8 Å². The topological polar surface area (TPSA) is 28.2 Å². The molecule has 0 bridgehead atoms. The third-order valence-electron chi connectivity index (χ3n) is 3.94. The zero-order chi connectivity index (χ0) is 11.7. The van der Waals surface area contributed by atoms with Crippen molar-refractivity contribution < 1.29 is 0 Å². The molecule has 0 aromatic carbocycles. The smallest absolute Gasteiger partial charge is 0.0729 e. The van der Waals surface area contributed by atoms with Crippen LogP contribution in [0.25, 0.3) is 0 Å². The van der Waals surface area contributed by atoms with Crippen LogP contribution in [0.1, 0.15) is 19.0 Å². The van der Waals surface area contributed by atoms with Gasteiger partial charge in [0.05, 0.1) is 11.4 Å². The van der Waals surface area contributed by atoms with Crippen LogP contribution in [0, 0.1) is 0 Å². The maximum Gasteiger partial charge on any atom is 0.0729 e. The summed E-state index contributed by atoms with van der Waals surface area (Å²) in [4.78, 5) is 7.12. The van der Waals surface area contributed by atoms with E-state index in [-0.39, 0.29) is 5.41 Å². The Hall–Kier alpha value is -1.35. The summed E-state index contributed by atoms with van der Waals surface area (Å²) in [5.41, 5.74) is 2.66. The van der Waals surface area contributed by atoms with Crippen molar-refractivity contribution in [1.29, 1.82) is 0 Å². The number of nitrogens with zero attached hydrogens (tertiary/aromatic N) is 2. The van der Waals surface area contributed by atoms with E-state index in [1.807, 2.05) is 12.3 Å². The average molecular weight is 229 g/mol. The zero-order valence-corrected chi connectivity index (χ0v) is 10.3. The van der Waals surface area contributed by atoms with Crippen LogP contribution in [0.5, 0.6) is 0 Å². The molecule has 2 aliphatic heterocycles. The average Bonchev–Trinajstić information content (AvgIpc) is 2.59. The minimum absolute atomic E-state index is 0.180. The molecule has 17 heavy (non-hydrogen) atoms. The minimum Gasteiger partial charge on any atom is -0.383 e. The van der Waals surface area contributed by atoms with Crippen LogP contribution >= 0.6 is 0 Å². The molecule has 1 unspecified atom stereocenters. The molecule has 0 aliphatic carbocycles. The summed E-state index contributed by atoms with van der Waals surface area (Å²) in [6.07, 6.45) is 7.62. The Labute approximate surface area is 103 Å². The minimum atomic E-state index is 0.180. The number of nitrogens with one attached hydrogen (secondary N) is 1. The highest BCUT2D eigenvalue weighted by atomic mass is 15.1. The molecule has 2 aliphatic rings. The molecule has 90 valence electrons. The highest BCUT2D eigenvalue weighted by Crippen LogP contribution is 2.39. The van der Waals surface area contributed by atoms with Gasteiger partial charge < -0.3 is 5.32 Å². The van der Waals surface area contributed by atoms with Crippen molar-refractivity contribution in [3.63, 3.8) is 0 Å². The molecule has 3 nitrogen and oxygen atoms in total. The zero-order valence-electron chi connectivity index (χ0n) is 10.3. The lowest BCUT2D eigenvalue weighted by Crippen LogP contribution is -2.41. The maximum absolute atomic E-state index is 4.62. The second-order valence-electron chi connectivity index (χ2n) is 5.04. The Balaban J connectivity index is 1.99. The Morgan fingerprint density at radius 1 is 1.47 bits per heavy atom. The van der Waals surface area contributed by atoms with Crippen LogP contribution in [-0.2, 0) is 5.41 Å². The molecule has 0 fully saturated rings.